The van der Waals surface area contributed by atoms with E-state index in [4.69, 9.17) is 0 Å². The molecule has 0 aliphatic rings. The van der Waals surface area contributed by atoms with Gasteiger partial charge in [-0.05, 0) is 36.6 Å². The Bertz CT molecular complexity index is 1280. The fourth-order valence-corrected chi connectivity index (χ4v) is 3.45. The van der Waals surface area contributed by atoms with Crippen LogP contribution in [0.3, 0.4) is 0 Å². The Morgan fingerprint density at radius 3 is 2.38 bits per heavy atom. The number of benzene rings is 1. The van der Waals surface area contributed by atoms with Crippen LogP contribution in [0, 0.1) is 17.6 Å². The fraction of sp³-hybridized carbons (Fsp3) is 0.348. The average molecular weight is 482 g/mol. The minimum Gasteiger partial charge on any atom is -0.363 e. The van der Waals surface area contributed by atoms with Gasteiger partial charge in [0, 0.05) is 26.4 Å². The van der Waals surface area contributed by atoms with Crippen LogP contribution < -0.4 is 15.6 Å². The van der Waals surface area contributed by atoms with Crippen molar-refractivity contribution in [3.05, 3.63) is 63.9 Å². The summed E-state index contributed by atoms with van der Waals surface area (Å²) >= 11 is 0. The standard InChI is InChI=1S/C23H23F5N4O2/c1-12(2)9-18(23(26,27)28)29-22(34)15-11-32(17-7-5-13(24)10-16(17)25)21-14(20(15)33)6-8-19(30-21)31(3)4/h5-8,10-12,18H,9H2,1-4H3,(H,29,34). The average Bonchev–Trinajstić information content (AvgIpc) is 2.72. The van der Waals surface area contributed by atoms with Gasteiger partial charge in [-0.25, -0.2) is 13.8 Å². The maximum atomic E-state index is 14.6. The van der Waals surface area contributed by atoms with Crippen LogP contribution in [0.4, 0.5) is 27.8 Å². The molecule has 1 unspecified atom stereocenters. The van der Waals surface area contributed by atoms with Crippen LogP contribution in [-0.4, -0.2) is 41.8 Å². The first-order valence-electron chi connectivity index (χ1n) is 10.4. The number of aromatic nitrogens is 2. The van der Waals surface area contributed by atoms with Crippen LogP contribution >= 0.6 is 0 Å². The molecule has 0 bridgehead atoms. The first-order valence-corrected chi connectivity index (χ1v) is 10.4. The number of rotatable bonds is 6. The van der Waals surface area contributed by atoms with E-state index in [9.17, 15) is 31.5 Å². The molecule has 11 heteroatoms. The number of nitrogens with zero attached hydrogens (tertiary/aromatic N) is 3. The van der Waals surface area contributed by atoms with Gasteiger partial charge in [0.1, 0.15) is 29.1 Å². The van der Waals surface area contributed by atoms with Crippen molar-refractivity contribution >= 4 is 22.8 Å². The Morgan fingerprint density at radius 1 is 1.15 bits per heavy atom. The summed E-state index contributed by atoms with van der Waals surface area (Å²) in [6.45, 7) is 3.14. The number of anilines is 1. The summed E-state index contributed by atoms with van der Waals surface area (Å²) < 4.78 is 69.6. The molecule has 34 heavy (non-hydrogen) atoms. The third-order valence-corrected chi connectivity index (χ3v) is 5.12. The molecule has 6 nitrogen and oxygen atoms in total. The highest BCUT2D eigenvalue weighted by molar-refractivity contribution is 5.97. The van der Waals surface area contributed by atoms with Gasteiger partial charge >= 0.3 is 6.18 Å². The van der Waals surface area contributed by atoms with Crippen molar-refractivity contribution in [2.45, 2.75) is 32.5 Å². The lowest BCUT2D eigenvalue weighted by molar-refractivity contribution is -0.156. The van der Waals surface area contributed by atoms with Gasteiger partial charge < -0.3 is 10.2 Å². The summed E-state index contributed by atoms with van der Waals surface area (Å²) in [4.78, 5) is 31.9. The molecule has 3 aromatic rings. The van der Waals surface area contributed by atoms with Gasteiger partial charge in [-0.3, -0.25) is 14.2 Å². The Morgan fingerprint density at radius 2 is 1.82 bits per heavy atom. The molecular weight excluding hydrogens is 459 g/mol. The fourth-order valence-electron chi connectivity index (χ4n) is 3.45. The third kappa shape index (κ3) is 5.18. The summed E-state index contributed by atoms with van der Waals surface area (Å²) in [6.07, 6.45) is -4.20. The molecule has 182 valence electrons. The molecule has 0 spiro atoms. The van der Waals surface area contributed by atoms with Crippen LogP contribution in [0.2, 0.25) is 0 Å². The zero-order chi connectivity index (χ0) is 25.4. The molecule has 0 radical (unpaired) electrons. The summed E-state index contributed by atoms with van der Waals surface area (Å²) in [7, 11) is 3.37. The van der Waals surface area contributed by atoms with Gasteiger partial charge in [0.2, 0.25) is 5.43 Å². The largest absolute Gasteiger partial charge is 0.408 e. The molecule has 0 fully saturated rings. The van der Waals surface area contributed by atoms with E-state index in [0.29, 0.717) is 11.9 Å². The molecule has 0 aliphatic carbocycles. The van der Waals surface area contributed by atoms with Crippen molar-refractivity contribution < 1.29 is 26.7 Å². The van der Waals surface area contributed by atoms with Gasteiger partial charge in [0.25, 0.3) is 5.91 Å². The summed E-state index contributed by atoms with van der Waals surface area (Å²) in [6, 6.07) is 3.31. The number of fused-ring (bicyclic) bond motifs is 1. The van der Waals surface area contributed by atoms with Gasteiger partial charge in [-0.2, -0.15) is 13.2 Å². The molecule has 2 heterocycles. The van der Waals surface area contributed by atoms with E-state index in [2.05, 4.69) is 4.98 Å². The number of alkyl halides is 3. The predicted molar refractivity (Wildman–Crippen MR) is 118 cm³/mol. The van der Waals surface area contributed by atoms with E-state index in [-0.39, 0.29) is 22.6 Å². The maximum absolute atomic E-state index is 14.6. The number of amides is 1. The molecule has 1 atom stereocenters. The summed E-state index contributed by atoms with van der Waals surface area (Å²) in [5, 5.41) is 1.77. The quantitative estimate of drug-likeness (QED) is 0.528. The van der Waals surface area contributed by atoms with E-state index in [1.165, 1.54) is 12.1 Å². The third-order valence-electron chi connectivity index (χ3n) is 5.12. The molecule has 1 N–H and O–H groups in total. The smallest absolute Gasteiger partial charge is 0.363 e. The second-order valence-corrected chi connectivity index (χ2v) is 8.47. The van der Waals surface area contributed by atoms with Gasteiger partial charge in [0.05, 0.1) is 11.1 Å². The lowest BCUT2D eigenvalue weighted by Crippen LogP contribution is -2.47. The molecule has 1 amide bonds. The highest BCUT2D eigenvalue weighted by Crippen LogP contribution is 2.26. The molecule has 2 aromatic heterocycles. The van der Waals surface area contributed by atoms with Crippen LogP contribution in [0.1, 0.15) is 30.6 Å². The topological polar surface area (TPSA) is 67.2 Å². The lowest BCUT2D eigenvalue weighted by Gasteiger charge is -2.23. The number of hydrogen-bond acceptors (Lipinski definition) is 4. The van der Waals surface area contributed by atoms with E-state index in [0.717, 1.165) is 22.9 Å². The Labute approximate surface area is 192 Å². The minimum atomic E-state index is -4.74. The molecule has 0 aliphatic heterocycles. The predicted octanol–water partition coefficient (Wildman–Crippen LogP) is 4.44. The minimum absolute atomic E-state index is 0.0483. The van der Waals surface area contributed by atoms with Crippen LogP contribution in [0.5, 0.6) is 0 Å². The first-order chi connectivity index (χ1) is 15.8. The first kappa shape index (κ1) is 25.1. The number of hydrogen-bond donors (Lipinski definition) is 1. The van der Waals surface area contributed by atoms with E-state index >= 15 is 0 Å². The zero-order valence-corrected chi connectivity index (χ0v) is 18.9. The molecule has 0 saturated heterocycles. The molecule has 3 rings (SSSR count). The Kier molecular flexibility index (Phi) is 6.94. The van der Waals surface area contributed by atoms with Crippen molar-refractivity contribution in [1.82, 2.24) is 14.9 Å². The van der Waals surface area contributed by atoms with Gasteiger partial charge in [-0.1, -0.05) is 13.8 Å². The second-order valence-electron chi connectivity index (χ2n) is 8.47. The van der Waals surface area contributed by atoms with Crippen LogP contribution in [0.15, 0.2) is 41.3 Å². The number of nitrogens with one attached hydrogen (secondary N) is 1. The Balaban J connectivity index is 2.24. The molecule has 0 saturated carbocycles. The summed E-state index contributed by atoms with van der Waals surface area (Å²) in [5.74, 6) is -3.12. The zero-order valence-electron chi connectivity index (χ0n) is 18.9. The van der Waals surface area contributed by atoms with Gasteiger partial charge in [0.15, 0.2) is 5.65 Å². The number of carbonyl (C=O) groups excluding carboxylic acids is 1. The summed E-state index contributed by atoms with van der Waals surface area (Å²) in [5.41, 5.74) is -1.78. The highest BCUT2D eigenvalue weighted by Gasteiger charge is 2.41. The van der Waals surface area contributed by atoms with Crippen molar-refractivity contribution in [3.8, 4) is 5.69 Å². The van der Waals surface area contributed by atoms with Crippen molar-refractivity contribution in [1.29, 1.82) is 0 Å². The SMILES string of the molecule is CC(C)CC(NC(=O)c1cn(-c2ccc(F)cc2F)c2nc(N(C)C)ccc2c1=O)C(F)(F)F. The van der Waals surface area contributed by atoms with Crippen molar-refractivity contribution in [2.75, 3.05) is 19.0 Å². The number of carbonyl (C=O) groups is 1. The van der Waals surface area contributed by atoms with Crippen molar-refractivity contribution in [3.63, 3.8) is 0 Å². The van der Waals surface area contributed by atoms with Gasteiger partial charge in [-0.15, -0.1) is 0 Å². The second kappa shape index (κ2) is 9.40. The molecule has 1 aromatic carbocycles. The highest BCUT2D eigenvalue weighted by atomic mass is 19.4. The number of halogens is 5. The van der Waals surface area contributed by atoms with Crippen LogP contribution in [-0.2, 0) is 0 Å². The van der Waals surface area contributed by atoms with Crippen molar-refractivity contribution in [2.24, 2.45) is 5.92 Å². The number of pyridine rings is 2. The van der Waals surface area contributed by atoms with E-state index in [1.54, 1.807) is 32.8 Å². The lowest BCUT2D eigenvalue weighted by atomic mass is 10.0. The maximum Gasteiger partial charge on any atom is 0.408 e. The van der Waals surface area contributed by atoms with E-state index < -0.39 is 47.2 Å². The molecular formula is C23H23F5N4O2. The normalized spacial score (nSPS) is 12.8. The van der Waals surface area contributed by atoms with Crippen LogP contribution in [0.25, 0.3) is 16.7 Å². The monoisotopic (exact) mass is 482 g/mol. The van der Waals surface area contributed by atoms with E-state index in [1.807, 2.05) is 5.32 Å². The Hall–Kier alpha value is -3.50.